The molecule has 0 N–H and O–H groups in total. The van der Waals surface area contributed by atoms with Crippen molar-refractivity contribution in [1.82, 2.24) is 14.5 Å². The number of rotatable bonds is 5. The molecule has 102 valence electrons. The molecule has 0 fully saturated rings. The second-order valence-electron chi connectivity index (χ2n) is 4.63. The molecular weight excluding hydrogens is 250 g/mol. The highest BCUT2D eigenvalue weighted by Gasteiger charge is 2.12. The number of ether oxygens (including phenoxy) is 1. The Kier molecular flexibility index (Phi) is 3.63. The monoisotopic (exact) mass is 267 g/mol. The van der Waals surface area contributed by atoms with Gasteiger partial charge in [0.25, 0.3) is 0 Å². The van der Waals surface area contributed by atoms with Gasteiger partial charge in [-0.1, -0.05) is 25.5 Å². The summed E-state index contributed by atoms with van der Waals surface area (Å²) in [5, 5.41) is 0. The van der Waals surface area contributed by atoms with Crippen LogP contribution in [-0.2, 0) is 0 Å². The summed E-state index contributed by atoms with van der Waals surface area (Å²) in [7, 11) is 0. The van der Waals surface area contributed by atoms with Crippen LogP contribution in [-0.4, -0.2) is 21.1 Å². The quantitative estimate of drug-likeness (QED) is 0.663. The van der Waals surface area contributed by atoms with Crippen LogP contribution < -0.4 is 4.74 Å². The van der Waals surface area contributed by atoms with Crippen LogP contribution in [0.15, 0.2) is 48.8 Å². The lowest BCUT2D eigenvalue weighted by atomic mass is 10.3. The van der Waals surface area contributed by atoms with E-state index < -0.39 is 0 Å². The van der Waals surface area contributed by atoms with Gasteiger partial charge in [-0.05, 0) is 30.7 Å². The maximum absolute atomic E-state index is 5.85. The van der Waals surface area contributed by atoms with Gasteiger partial charge >= 0.3 is 6.01 Å². The number of fused-ring (bicyclic) bond motifs is 1. The molecule has 0 saturated carbocycles. The summed E-state index contributed by atoms with van der Waals surface area (Å²) in [6, 6.07) is 12.6. The first-order chi connectivity index (χ1) is 9.90. The third kappa shape index (κ3) is 2.37. The van der Waals surface area contributed by atoms with E-state index in [4.69, 9.17) is 4.74 Å². The van der Waals surface area contributed by atoms with E-state index >= 15 is 0 Å². The number of hydrogen-bond acceptors (Lipinski definition) is 3. The summed E-state index contributed by atoms with van der Waals surface area (Å²) in [6.07, 6.45) is 5.69. The number of nitrogens with zero attached hydrogens (tertiary/aromatic N) is 3. The maximum atomic E-state index is 5.85. The number of aromatic nitrogens is 3. The molecule has 2 heterocycles. The smallest absolute Gasteiger partial charge is 0.302 e. The van der Waals surface area contributed by atoms with E-state index in [9.17, 15) is 0 Å². The average Bonchev–Trinajstić information content (AvgIpc) is 2.86. The predicted octanol–water partition coefficient (Wildman–Crippen LogP) is 3.60. The Morgan fingerprint density at radius 3 is 2.70 bits per heavy atom. The Morgan fingerprint density at radius 1 is 1.10 bits per heavy atom. The summed E-state index contributed by atoms with van der Waals surface area (Å²) in [6.45, 7) is 2.83. The van der Waals surface area contributed by atoms with Gasteiger partial charge in [0.2, 0.25) is 0 Å². The molecule has 0 aliphatic rings. The second-order valence-corrected chi connectivity index (χ2v) is 4.63. The molecule has 0 bridgehead atoms. The van der Waals surface area contributed by atoms with Crippen molar-refractivity contribution in [3.63, 3.8) is 0 Å². The number of imidazole rings is 1. The van der Waals surface area contributed by atoms with E-state index in [0.717, 1.165) is 29.6 Å². The number of benzene rings is 1. The van der Waals surface area contributed by atoms with E-state index in [0.29, 0.717) is 12.6 Å². The number of hydrogen-bond donors (Lipinski definition) is 0. The summed E-state index contributed by atoms with van der Waals surface area (Å²) in [4.78, 5) is 8.65. The Bertz CT molecular complexity index is 691. The van der Waals surface area contributed by atoms with E-state index in [1.807, 2.05) is 34.9 Å². The Hall–Kier alpha value is -2.36. The Balaban J connectivity index is 2.09. The van der Waals surface area contributed by atoms with Crippen molar-refractivity contribution >= 4 is 11.0 Å². The van der Waals surface area contributed by atoms with Gasteiger partial charge in [0, 0.05) is 12.4 Å². The summed E-state index contributed by atoms with van der Waals surface area (Å²) < 4.78 is 7.88. The first kappa shape index (κ1) is 12.7. The van der Waals surface area contributed by atoms with E-state index in [1.165, 1.54) is 0 Å². The van der Waals surface area contributed by atoms with Gasteiger partial charge in [-0.2, -0.15) is 4.98 Å². The van der Waals surface area contributed by atoms with Gasteiger partial charge < -0.3 is 4.74 Å². The van der Waals surface area contributed by atoms with Crippen molar-refractivity contribution in [3.8, 4) is 11.7 Å². The lowest BCUT2D eigenvalue weighted by molar-refractivity contribution is 0.282. The molecular formula is C16H17N3O. The molecule has 0 saturated heterocycles. The zero-order valence-corrected chi connectivity index (χ0v) is 11.5. The van der Waals surface area contributed by atoms with Crippen molar-refractivity contribution in [3.05, 3.63) is 48.8 Å². The average molecular weight is 267 g/mol. The van der Waals surface area contributed by atoms with Crippen LogP contribution >= 0.6 is 0 Å². The zero-order valence-electron chi connectivity index (χ0n) is 11.5. The molecule has 2 aromatic heterocycles. The molecule has 4 heteroatoms. The molecule has 20 heavy (non-hydrogen) atoms. The largest absolute Gasteiger partial charge is 0.464 e. The minimum Gasteiger partial charge on any atom is -0.464 e. The molecule has 3 aromatic rings. The van der Waals surface area contributed by atoms with E-state index in [1.54, 1.807) is 12.4 Å². The molecule has 0 aliphatic heterocycles. The molecule has 0 spiro atoms. The molecule has 3 rings (SSSR count). The molecule has 0 radical (unpaired) electrons. The van der Waals surface area contributed by atoms with Crippen LogP contribution in [0.2, 0.25) is 0 Å². The first-order valence-electron chi connectivity index (χ1n) is 6.91. The molecule has 0 unspecified atom stereocenters. The van der Waals surface area contributed by atoms with E-state index in [2.05, 4.69) is 23.0 Å². The fraction of sp³-hybridized carbons (Fsp3) is 0.250. The molecule has 0 atom stereocenters. The van der Waals surface area contributed by atoms with Gasteiger partial charge in [0.1, 0.15) is 0 Å². The Morgan fingerprint density at radius 2 is 1.90 bits per heavy atom. The summed E-state index contributed by atoms with van der Waals surface area (Å²) in [5.74, 6) is 0. The number of unbranched alkanes of at least 4 members (excludes halogenated alkanes) is 1. The third-order valence-electron chi connectivity index (χ3n) is 3.18. The standard InChI is InChI=1S/C16H17N3O/c1-2-3-12-20-16-18-14-6-4-5-7-15(14)19(16)13-8-10-17-11-9-13/h4-11H,2-3,12H2,1H3. The van der Waals surface area contributed by atoms with Crippen LogP contribution in [0, 0.1) is 0 Å². The van der Waals surface area contributed by atoms with Crippen molar-refractivity contribution in [2.24, 2.45) is 0 Å². The normalized spacial score (nSPS) is 10.8. The van der Waals surface area contributed by atoms with Crippen LogP contribution in [0.4, 0.5) is 0 Å². The third-order valence-corrected chi connectivity index (χ3v) is 3.18. The fourth-order valence-electron chi connectivity index (χ4n) is 2.15. The number of pyridine rings is 1. The lowest BCUT2D eigenvalue weighted by Gasteiger charge is -2.09. The van der Waals surface area contributed by atoms with Crippen LogP contribution in [0.1, 0.15) is 19.8 Å². The molecule has 1 aromatic carbocycles. The minimum atomic E-state index is 0.644. The maximum Gasteiger partial charge on any atom is 0.302 e. The first-order valence-corrected chi connectivity index (χ1v) is 6.91. The Labute approximate surface area is 118 Å². The van der Waals surface area contributed by atoms with Gasteiger partial charge in [0.05, 0.1) is 23.3 Å². The van der Waals surface area contributed by atoms with Gasteiger partial charge in [0.15, 0.2) is 0 Å². The van der Waals surface area contributed by atoms with E-state index in [-0.39, 0.29) is 0 Å². The van der Waals surface area contributed by atoms with Crippen LogP contribution in [0.5, 0.6) is 6.01 Å². The van der Waals surface area contributed by atoms with Gasteiger partial charge in [-0.25, -0.2) is 0 Å². The number of para-hydroxylation sites is 2. The summed E-state index contributed by atoms with van der Waals surface area (Å²) >= 11 is 0. The van der Waals surface area contributed by atoms with Crippen LogP contribution in [0.25, 0.3) is 16.7 Å². The molecule has 4 nitrogen and oxygen atoms in total. The minimum absolute atomic E-state index is 0.644. The SMILES string of the molecule is CCCCOc1nc2ccccc2n1-c1ccncc1. The molecule has 0 amide bonds. The highest BCUT2D eigenvalue weighted by atomic mass is 16.5. The predicted molar refractivity (Wildman–Crippen MR) is 79.3 cm³/mol. The highest BCUT2D eigenvalue weighted by Crippen LogP contribution is 2.25. The lowest BCUT2D eigenvalue weighted by Crippen LogP contribution is -2.04. The van der Waals surface area contributed by atoms with Crippen molar-refractivity contribution in [2.45, 2.75) is 19.8 Å². The van der Waals surface area contributed by atoms with Gasteiger partial charge in [-0.3, -0.25) is 9.55 Å². The molecule has 0 aliphatic carbocycles. The summed E-state index contributed by atoms with van der Waals surface area (Å²) in [5.41, 5.74) is 3.00. The van der Waals surface area contributed by atoms with Crippen molar-refractivity contribution < 1.29 is 4.74 Å². The highest BCUT2D eigenvalue weighted by molar-refractivity contribution is 5.79. The zero-order chi connectivity index (χ0) is 13.8. The topological polar surface area (TPSA) is 39.9 Å². The van der Waals surface area contributed by atoms with Gasteiger partial charge in [-0.15, -0.1) is 0 Å². The second kappa shape index (κ2) is 5.74. The van der Waals surface area contributed by atoms with Crippen molar-refractivity contribution in [1.29, 1.82) is 0 Å². The van der Waals surface area contributed by atoms with Crippen molar-refractivity contribution in [2.75, 3.05) is 6.61 Å². The fourth-order valence-corrected chi connectivity index (χ4v) is 2.15. The van der Waals surface area contributed by atoms with Crippen LogP contribution in [0.3, 0.4) is 0 Å².